The van der Waals surface area contributed by atoms with E-state index < -0.39 is 0 Å². The highest BCUT2D eigenvalue weighted by molar-refractivity contribution is 7.26. The molecule has 5 heteroatoms. The molecule has 10 rings (SSSR count). The van der Waals surface area contributed by atoms with Crippen LogP contribution in [0.1, 0.15) is 22.9 Å². The molecule has 4 nitrogen and oxygen atoms in total. The van der Waals surface area contributed by atoms with Crippen molar-refractivity contribution in [2.75, 3.05) is 0 Å². The van der Waals surface area contributed by atoms with Gasteiger partial charge in [0.2, 0.25) is 0 Å². The van der Waals surface area contributed by atoms with Crippen molar-refractivity contribution in [2.45, 2.75) is 6.17 Å². The summed E-state index contributed by atoms with van der Waals surface area (Å²) in [7, 11) is 0. The summed E-state index contributed by atoms with van der Waals surface area (Å²) in [5.41, 5.74) is 7.14. The number of nitrogens with one attached hydrogen (secondary N) is 1. The molecule has 1 aliphatic heterocycles. The largest absolute Gasteiger partial charge is 0.455 e. The predicted molar refractivity (Wildman–Crippen MR) is 201 cm³/mol. The fourth-order valence-electron chi connectivity index (χ4n) is 7.01. The Labute approximate surface area is 280 Å². The van der Waals surface area contributed by atoms with E-state index in [-0.39, 0.29) is 6.17 Å². The fraction of sp³-hybridized carbons (Fsp3) is 0.0233. The molecule has 1 atom stereocenters. The third-order valence-electron chi connectivity index (χ3n) is 9.31. The van der Waals surface area contributed by atoms with E-state index in [2.05, 4.69) is 139 Å². The highest BCUT2D eigenvalue weighted by Crippen LogP contribution is 2.42. The predicted octanol–water partition coefficient (Wildman–Crippen LogP) is 11.3. The van der Waals surface area contributed by atoms with E-state index in [1.807, 2.05) is 29.5 Å². The lowest BCUT2D eigenvalue weighted by molar-refractivity contribution is 0.657. The molecule has 0 amide bonds. The van der Waals surface area contributed by atoms with Crippen molar-refractivity contribution in [1.29, 1.82) is 0 Å². The molecule has 1 aliphatic rings. The van der Waals surface area contributed by atoms with Crippen LogP contribution in [0.15, 0.2) is 166 Å². The van der Waals surface area contributed by atoms with Gasteiger partial charge in [-0.05, 0) is 46.8 Å². The zero-order valence-electron chi connectivity index (χ0n) is 25.7. The summed E-state index contributed by atoms with van der Waals surface area (Å²) in [4.78, 5) is 10.4. The Morgan fingerprint density at radius 2 is 1.29 bits per heavy atom. The van der Waals surface area contributed by atoms with Gasteiger partial charge in [-0.3, -0.25) is 0 Å². The maximum absolute atomic E-state index is 6.56. The normalized spacial score (nSPS) is 14.9. The molecule has 0 spiro atoms. The molecule has 1 unspecified atom stereocenters. The molecule has 0 fully saturated rings. The number of aliphatic imine (C=N–C) groups is 2. The average Bonchev–Trinajstić information content (AvgIpc) is 3.73. The van der Waals surface area contributed by atoms with Crippen molar-refractivity contribution in [3.05, 3.63) is 168 Å². The first-order valence-electron chi connectivity index (χ1n) is 16.1. The van der Waals surface area contributed by atoms with Crippen molar-refractivity contribution < 1.29 is 4.42 Å². The number of hydrogen-bond donors (Lipinski definition) is 1. The minimum atomic E-state index is -0.361. The third kappa shape index (κ3) is 4.36. The zero-order chi connectivity index (χ0) is 31.6. The summed E-state index contributed by atoms with van der Waals surface area (Å²) in [5, 5.41) is 10.7. The van der Waals surface area contributed by atoms with E-state index in [0.29, 0.717) is 5.84 Å². The molecule has 0 saturated carbocycles. The Hall–Kier alpha value is -6.04. The van der Waals surface area contributed by atoms with Crippen LogP contribution in [0.3, 0.4) is 0 Å². The van der Waals surface area contributed by atoms with Crippen LogP contribution in [-0.4, -0.2) is 11.7 Å². The zero-order valence-corrected chi connectivity index (χ0v) is 26.5. The molecule has 226 valence electrons. The molecule has 2 aromatic heterocycles. The Morgan fingerprint density at radius 3 is 2.15 bits per heavy atom. The van der Waals surface area contributed by atoms with Gasteiger partial charge >= 0.3 is 0 Å². The van der Waals surface area contributed by atoms with Crippen LogP contribution in [0.2, 0.25) is 0 Å². The number of furan rings is 1. The van der Waals surface area contributed by atoms with Crippen LogP contribution in [0.25, 0.3) is 64.0 Å². The molecule has 9 aromatic rings. The summed E-state index contributed by atoms with van der Waals surface area (Å²) in [6, 6.07) is 53.2. The van der Waals surface area contributed by atoms with Gasteiger partial charge in [0.1, 0.15) is 23.2 Å². The second-order valence-corrected chi connectivity index (χ2v) is 13.3. The number of nitrogens with zero attached hydrogens (tertiary/aromatic N) is 2. The lowest BCUT2D eigenvalue weighted by atomic mass is 9.96. The minimum absolute atomic E-state index is 0.361. The lowest BCUT2D eigenvalue weighted by Crippen LogP contribution is -2.33. The van der Waals surface area contributed by atoms with Crippen LogP contribution in [0, 0.1) is 0 Å². The topological polar surface area (TPSA) is 49.9 Å². The Balaban J connectivity index is 1.16. The number of hydrogen-bond acceptors (Lipinski definition) is 5. The molecule has 1 N–H and O–H groups in total. The summed E-state index contributed by atoms with van der Waals surface area (Å²) < 4.78 is 9.05. The number of thiophene rings is 1. The van der Waals surface area contributed by atoms with E-state index in [1.54, 1.807) is 0 Å². The van der Waals surface area contributed by atoms with Crippen LogP contribution in [0.4, 0.5) is 0 Å². The maximum Gasteiger partial charge on any atom is 0.159 e. The highest BCUT2D eigenvalue weighted by atomic mass is 32.1. The van der Waals surface area contributed by atoms with E-state index in [4.69, 9.17) is 14.4 Å². The van der Waals surface area contributed by atoms with E-state index in [0.717, 1.165) is 49.9 Å². The smallest absolute Gasteiger partial charge is 0.159 e. The first-order chi connectivity index (χ1) is 23.8. The molecule has 48 heavy (non-hydrogen) atoms. The van der Waals surface area contributed by atoms with Crippen molar-refractivity contribution in [3.8, 4) is 11.1 Å². The van der Waals surface area contributed by atoms with Gasteiger partial charge in [0.15, 0.2) is 5.84 Å². The molecular formula is C43H27N3OS. The molecule has 0 saturated heterocycles. The molecular weight excluding hydrogens is 607 g/mol. The molecule has 7 aromatic carbocycles. The Morgan fingerprint density at radius 1 is 0.562 bits per heavy atom. The van der Waals surface area contributed by atoms with Crippen LogP contribution in [-0.2, 0) is 0 Å². The number of benzene rings is 7. The first-order valence-corrected chi connectivity index (χ1v) is 16.9. The highest BCUT2D eigenvalue weighted by Gasteiger charge is 2.24. The van der Waals surface area contributed by atoms with Crippen molar-refractivity contribution in [3.63, 3.8) is 0 Å². The van der Waals surface area contributed by atoms with E-state index >= 15 is 0 Å². The first kappa shape index (κ1) is 27.1. The van der Waals surface area contributed by atoms with Crippen LogP contribution < -0.4 is 5.32 Å². The summed E-state index contributed by atoms with van der Waals surface area (Å²) in [6.45, 7) is 0. The van der Waals surface area contributed by atoms with Gasteiger partial charge in [-0.15, -0.1) is 11.3 Å². The van der Waals surface area contributed by atoms with Crippen LogP contribution in [0.5, 0.6) is 0 Å². The van der Waals surface area contributed by atoms with Gasteiger partial charge < -0.3 is 9.73 Å². The minimum Gasteiger partial charge on any atom is -0.455 e. The van der Waals surface area contributed by atoms with Gasteiger partial charge in [0.25, 0.3) is 0 Å². The van der Waals surface area contributed by atoms with Gasteiger partial charge in [0.05, 0.1) is 0 Å². The average molecular weight is 634 g/mol. The molecule has 0 bridgehead atoms. The van der Waals surface area contributed by atoms with E-state index in [1.165, 1.54) is 36.7 Å². The molecule has 0 radical (unpaired) electrons. The SMILES string of the molecule is c1ccc(C2=NC(c3cc(-c4ccccc4)c4c(c3)sc3ccccc34)=NC(c3ccc4c(c3)oc3c5ccccc5ccc43)N2)cc1. The number of fused-ring (bicyclic) bond motifs is 8. The van der Waals surface area contributed by atoms with Gasteiger partial charge in [-0.1, -0.05) is 121 Å². The summed E-state index contributed by atoms with van der Waals surface area (Å²) >= 11 is 1.82. The summed E-state index contributed by atoms with van der Waals surface area (Å²) in [6.07, 6.45) is -0.361. The standard InChI is InChI=1S/C43H27N3OS/c1-3-11-26(12-4-1)35-23-30(25-38-39(35)34-17-9-10-18-37(34)48-38)43-45-41(28-14-5-2-6-15-28)44-42(46-43)29-20-21-32-33-22-19-27-13-7-8-16-31(27)40(33)47-36(32)24-29/h1-25,42H,(H,44,45,46). The Kier molecular flexibility index (Phi) is 6.08. The summed E-state index contributed by atoms with van der Waals surface area (Å²) in [5.74, 6) is 1.49. The van der Waals surface area contributed by atoms with Crippen molar-refractivity contribution in [1.82, 2.24) is 5.32 Å². The number of amidine groups is 2. The quantitative estimate of drug-likeness (QED) is 0.210. The Bertz CT molecular complexity index is 2760. The molecule has 3 heterocycles. The molecule has 0 aliphatic carbocycles. The third-order valence-corrected chi connectivity index (χ3v) is 10.4. The fourth-order valence-corrected chi connectivity index (χ4v) is 8.18. The number of rotatable bonds is 4. The van der Waals surface area contributed by atoms with Gasteiger partial charge in [-0.25, -0.2) is 9.98 Å². The van der Waals surface area contributed by atoms with Crippen molar-refractivity contribution in [2.24, 2.45) is 9.98 Å². The van der Waals surface area contributed by atoms with Gasteiger partial charge in [0, 0.05) is 53.0 Å². The lowest BCUT2D eigenvalue weighted by Gasteiger charge is -2.24. The van der Waals surface area contributed by atoms with Crippen LogP contribution >= 0.6 is 11.3 Å². The monoisotopic (exact) mass is 633 g/mol. The second-order valence-electron chi connectivity index (χ2n) is 12.2. The second kappa shape index (κ2) is 10.8. The maximum atomic E-state index is 6.56. The van der Waals surface area contributed by atoms with E-state index in [9.17, 15) is 0 Å². The van der Waals surface area contributed by atoms with Gasteiger partial charge in [-0.2, -0.15) is 0 Å². The van der Waals surface area contributed by atoms with Crippen molar-refractivity contribution >= 4 is 75.9 Å².